The van der Waals surface area contributed by atoms with E-state index in [4.69, 9.17) is 10.4 Å². The van der Waals surface area contributed by atoms with Crippen LogP contribution in [0.15, 0.2) is 30.8 Å². The maximum Gasteiger partial charge on any atom is 0.274 e. The van der Waals surface area contributed by atoms with Gasteiger partial charge in [-0.1, -0.05) is 18.7 Å². The molecule has 1 amide bonds. The minimum Gasteiger partial charge on any atom is -0.291 e. The predicted molar refractivity (Wildman–Crippen MR) is 49.7 cm³/mol. The molecule has 0 fully saturated rings. The number of benzene rings is 1. The second-order valence-corrected chi connectivity index (χ2v) is 2.61. The van der Waals surface area contributed by atoms with Crippen LogP contribution in [0.1, 0.15) is 15.9 Å². The molecule has 74 valence electrons. The minimum atomic E-state index is -0.613. The summed E-state index contributed by atoms with van der Waals surface area (Å²) in [6.45, 7) is 3.51. The molecule has 0 aliphatic rings. The molecule has 0 saturated carbocycles. The quantitative estimate of drug-likeness (QED) is 0.423. The van der Waals surface area contributed by atoms with E-state index < -0.39 is 5.91 Å². The molecule has 0 saturated heterocycles. The van der Waals surface area contributed by atoms with E-state index in [1.807, 2.05) is 5.48 Å². The molecule has 1 aromatic rings. The molecule has 1 rings (SSSR count). The highest BCUT2D eigenvalue weighted by Crippen LogP contribution is 2.11. The smallest absolute Gasteiger partial charge is 0.274 e. The Labute approximate surface area is 80.6 Å². The lowest BCUT2D eigenvalue weighted by molar-refractivity contribution is 0.0706. The highest BCUT2D eigenvalue weighted by molar-refractivity contribution is 5.94. The van der Waals surface area contributed by atoms with E-state index in [2.05, 4.69) is 6.58 Å². The fourth-order valence-electron chi connectivity index (χ4n) is 0.977. The third-order valence-electron chi connectivity index (χ3n) is 1.71. The Morgan fingerprint density at radius 1 is 1.21 bits per heavy atom. The SMILES string of the molecule is C=C(NO)c1cccc(C(=O)NO)c1. The molecule has 0 unspecified atom stereocenters. The molecule has 5 nitrogen and oxygen atoms in total. The van der Waals surface area contributed by atoms with Gasteiger partial charge in [-0.2, -0.15) is 0 Å². The van der Waals surface area contributed by atoms with Gasteiger partial charge < -0.3 is 0 Å². The Bertz CT molecular complexity index is 332. The van der Waals surface area contributed by atoms with Gasteiger partial charge in [0.05, 0.1) is 5.70 Å². The van der Waals surface area contributed by atoms with Crippen molar-refractivity contribution >= 4 is 11.6 Å². The van der Waals surface area contributed by atoms with E-state index in [-0.39, 0.29) is 11.3 Å². The summed E-state index contributed by atoms with van der Waals surface area (Å²) in [5.74, 6) is -0.613. The first kappa shape index (κ1) is 10.2. The summed E-state index contributed by atoms with van der Waals surface area (Å²) in [6.07, 6.45) is 0. The number of carbonyl (C=O) groups excluding carboxylic acids is 1. The fraction of sp³-hybridized carbons (Fsp3) is 0. The lowest BCUT2D eigenvalue weighted by Gasteiger charge is -2.05. The number of hydroxylamine groups is 2. The summed E-state index contributed by atoms with van der Waals surface area (Å²) < 4.78 is 0. The molecular formula is C9H10N2O3. The van der Waals surface area contributed by atoms with Crippen LogP contribution in [0.3, 0.4) is 0 Å². The zero-order valence-corrected chi connectivity index (χ0v) is 7.32. The first-order chi connectivity index (χ1) is 6.69. The maximum atomic E-state index is 11.0. The van der Waals surface area contributed by atoms with Crippen molar-refractivity contribution in [3.8, 4) is 0 Å². The lowest BCUT2D eigenvalue weighted by atomic mass is 10.1. The van der Waals surface area contributed by atoms with Crippen molar-refractivity contribution < 1.29 is 15.2 Å². The number of hydrogen-bond acceptors (Lipinski definition) is 4. The summed E-state index contributed by atoms with van der Waals surface area (Å²) in [7, 11) is 0. The summed E-state index contributed by atoms with van der Waals surface area (Å²) in [5.41, 5.74) is 4.51. The molecule has 5 heteroatoms. The van der Waals surface area contributed by atoms with Gasteiger partial charge >= 0.3 is 0 Å². The van der Waals surface area contributed by atoms with Gasteiger partial charge in [0.1, 0.15) is 0 Å². The van der Waals surface area contributed by atoms with Gasteiger partial charge in [0, 0.05) is 11.1 Å². The van der Waals surface area contributed by atoms with E-state index in [0.717, 1.165) is 0 Å². The van der Waals surface area contributed by atoms with Crippen molar-refractivity contribution in [2.45, 2.75) is 0 Å². The minimum absolute atomic E-state index is 0.276. The Hall–Kier alpha value is -1.85. The van der Waals surface area contributed by atoms with Gasteiger partial charge in [-0.05, 0) is 12.1 Å². The predicted octanol–water partition coefficient (Wildman–Crippen LogP) is 0.755. The van der Waals surface area contributed by atoms with Gasteiger partial charge in [-0.15, -0.1) is 0 Å². The number of rotatable bonds is 3. The van der Waals surface area contributed by atoms with Gasteiger partial charge in [-0.25, -0.2) is 5.48 Å². The van der Waals surface area contributed by atoms with E-state index in [1.54, 1.807) is 12.1 Å². The zero-order valence-electron chi connectivity index (χ0n) is 7.32. The summed E-state index contributed by atoms with van der Waals surface area (Å²) in [5, 5.41) is 17.0. The highest BCUT2D eigenvalue weighted by Gasteiger charge is 2.05. The Morgan fingerprint density at radius 2 is 1.86 bits per heavy atom. The Kier molecular flexibility index (Phi) is 3.22. The largest absolute Gasteiger partial charge is 0.291 e. The van der Waals surface area contributed by atoms with Crippen LogP contribution in [0, 0.1) is 0 Å². The van der Waals surface area contributed by atoms with Crippen molar-refractivity contribution in [1.29, 1.82) is 0 Å². The standard InChI is InChI=1S/C9H10N2O3/c1-6(10-13)7-3-2-4-8(5-7)9(12)11-14/h2-5,10,13-14H,1H2,(H,11,12). The second-order valence-electron chi connectivity index (χ2n) is 2.61. The first-order valence-electron chi connectivity index (χ1n) is 3.83. The monoisotopic (exact) mass is 194 g/mol. The third-order valence-corrected chi connectivity index (χ3v) is 1.71. The van der Waals surface area contributed by atoms with Gasteiger partial charge in [0.15, 0.2) is 0 Å². The van der Waals surface area contributed by atoms with Crippen molar-refractivity contribution in [1.82, 2.24) is 11.0 Å². The molecule has 0 aliphatic heterocycles. The van der Waals surface area contributed by atoms with Crippen LogP contribution in [0.5, 0.6) is 0 Å². The highest BCUT2D eigenvalue weighted by atomic mass is 16.5. The maximum absolute atomic E-state index is 11.0. The number of hydrogen-bond donors (Lipinski definition) is 4. The van der Waals surface area contributed by atoms with Crippen LogP contribution < -0.4 is 11.0 Å². The molecule has 0 bridgehead atoms. The van der Waals surface area contributed by atoms with E-state index in [0.29, 0.717) is 5.56 Å². The Balaban J connectivity index is 3.01. The summed E-state index contributed by atoms with van der Waals surface area (Å²) >= 11 is 0. The summed E-state index contributed by atoms with van der Waals surface area (Å²) in [6, 6.07) is 6.29. The van der Waals surface area contributed by atoms with Crippen LogP contribution in [-0.4, -0.2) is 16.3 Å². The van der Waals surface area contributed by atoms with Gasteiger partial charge in [0.2, 0.25) is 0 Å². The summed E-state index contributed by atoms with van der Waals surface area (Å²) in [4.78, 5) is 11.0. The molecule has 0 aromatic heterocycles. The zero-order chi connectivity index (χ0) is 10.6. The number of nitrogens with one attached hydrogen (secondary N) is 2. The van der Waals surface area contributed by atoms with Crippen LogP contribution >= 0.6 is 0 Å². The van der Waals surface area contributed by atoms with Crippen molar-refractivity contribution in [2.24, 2.45) is 0 Å². The van der Waals surface area contributed by atoms with Crippen molar-refractivity contribution in [2.75, 3.05) is 0 Å². The number of amides is 1. The molecule has 0 heterocycles. The first-order valence-corrected chi connectivity index (χ1v) is 3.83. The topological polar surface area (TPSA) is 81.6 Å². The van der Waals surface area contributed by atoms with Crippen molar-refractivity contribution in [3.63, 3.8) is 0 Å². The molecule has 0 radical (unpaired) electrons. The van der Waals surface area contributed by atoms with Crippen LogP contribution in [0.25, 0.3) is 5.70 Å². The third kappa shape index (κ3) is 2.09. The van der Waals surface area contributed by atoms with Crippen LogP contribution in [0.2, 0.25) is 0 Å². The molecule has 0 spiro atoms. The molecule has 0 atom stereocenters. The average Bonchev–Trinajstić information content (AvgIpc) is 2.27. The number of carbonyl (C=O) groups is 1. The van der Waals surface area contributed by atoms with E-state index in [1.165, 1.54) is 17.6 Å². The van der Waals surface area contributed by atoms with Crippen LogP contribution in [0.4, 0.5) is 0 Å². The molecule has 14 heavy (non-hydrogen) atoms. The van der Waals surface area contributed by atoms with Gasteiger partial charge in [0.25, 0.3) is 5.91 Å². The average molecular weight is 194 g/mol. The van der Waals surface area contributed by atoms with E-state index in [9.17, 15) is 4.79 Å². The lowest BCUT2D eigenvalue weighted by Crippen LogP contribution is -2.18. The van der Waals surface area contributed by atoms with Crippen molar-refractivity contribution in [3.05, 3.63) is 42.0 Å². The molecule has 0 aliphatic carbocycles. The fourth-order valence-corrected chi connectivity index (χ4v) is 0.977. The Morgan fingerprint density at radius 3 is 2.43 bits per heavy atom. The van der Waals surface area contributed by atoms with Gasteiger partial charge in [-0.3, -0.25) is 20.7 Å². The normalized spacial score (nSPS) is 9.29. The van der Waals surface area contributed by atoms with Crippen LogP contribution in [-0.2, 0) is 0 Å². The molecule has 1 aromatic carbocycles. The molecule has 4 N–H and O–H groups in total. The second kappa shape index (κ2) is 4.40. The molecular weight excluding hydrogens is 184 g/mol. The van der Waals surface area contributed by atoms with E-state index >= 15 is 0 Å².